The van der Waals surface area contributed by atoms with Crippen molar-refractivity contribution in [2.75, 3.05) is 33.8 Å². The van der Waals surface area contributed by atoms with Gasteiger partial charge in [-0.2, -0.15) is 0 Å². The van der Waals surface area contributed by atoms with Gasteiger partial charge in [0.15, 0.2) is 0 Å². The highest BCUT2D eigenvalue weighted by Crippen LogP contribution is 2.15. The smallest absolute Gasteiger partial charge is 0.327 e. The van der Waals surface area contributed by atoms with Crippen molar-refractivity contribution in [1.82, 2.24) is 10.2 Å². The van der Waals surface area contributed by atoms with Crippen molar-refractivity contribution in [3.05, 3.63) is 0 Å². The molecule has 3 atom stereocenters. The van der Waals surface area contributed by atoms with E-state index in [9.17, 15) is 4.79 Å². The number of carbonyl (C=O) groups is 1. The molecule has 1 aliphatic heterocycles. The van der Waals surface area contributed by atoms with Crippen molar-refractivity contribution in [3.8, 4) is 0 Å². The lowest BCUT2D eigenvalue weighted by molar-refractivity contribution is -0.150. The predicted molar refractivity (Wildman–Crippen MR) is 65.9 cm³/mol. The average Bonchev–Trinajstić information content (AvgIpc) is 2.26. The van der Waals surface area contributed by atoms with Crippen molar-refractivity contribution in [2.45, 2.75) is 38.5 Å². The van der Waals surface area contributed by atoms with Gasteiger partial charge in [-0.3, -0.25) is 9.69 Å². The summed E-state index contributed by atoms with van der Waals surface area (Å²) in [7, 11) is 3.20. The fourth-order valence-electron chi connectivity index (χ4n) is 2.33. The van der Waals surface area contributed by atoms with Crippen molar-refractivity contribution in [3.63, 3.8) is 0 Å². The second-order valence-corrected chi connectivity index (χ2v) is 5.03. The monoisotopic (exact) mass is 244 g/mol. The summed E-state index contributed by atoms with van der Waals surface area (Å²) in [5, 5.41) is 3.05. The molecule has 0 aromatic carbocycles. The minimum Gasteiger partial charge on any atom is -0.468 e. The molecule has 0 aliphatic carbocycles. The van der Waals surface area contributed by atoms with Gasteiger partial charge >= 0.3 is 5.97 Å². The summed E-state index contributed by atoms with van der Waals surface area (Å²) in [6.07, 6.45) is 0.412. The molecule has 100 valence electrons. The van der Waals surface area contributed by atoms with Crippen molar-refractivity contribution in [1.29, 1.82) is 0 Å². The summed E-state index contributed by atoms with van der Waals surface area (Å²) in [4.78, 5) is 14.0. The molecule has 0 radical (unpaired) electrons. The highest BCUT2D eigenvalue weighted by atomic mass is 16.5. The minimum atomic E-state index is -0.661. The Hall–Kier alpha value is -0.650. The third kappa shape index (κ3) is 3.66. The molecule has 5 heteroatoms. The number of esters is 1. The normalized spacial score (nSPS) is 29.7. The number of hydrogen-bond acceptors (Lipinski definition) is 5. The first-order chi connectivity index (χ1) is 7.91. The molecule has 1 aliphatic rings. The molecule has 1 heterocycles. The maximum atomic E-state index is 11.8. The summed E-state index contributed by atoms with van der Waals surface area (Å²) >= 11 is 0. The Morgan fingerprint density at radius 1 is 1.47 bits per heavy atom. The number of ether oxygens (including phenoxy) is 2. The number of morpholine rings is 1. The van der Waals surface area contributed by atoms with Crippen LogP contribution < -0.4 is 5.32 Å². The Morgan fingerprint density at radius 2 is 2.00 bits per heavy atom. The molecule has 0 spiro atoms. The van der Waals surface area contributed by atoms with E-state index in [2.05, 4.69) is 24.1 Å². The van der Waals surface area contributed by atoms with Gasteiger partial charge in [0.2, 0.25) is 0 Å². The van der Waals surface area contributed by atoms with E-state index in [0.717, 1.165) is 13.1 Å². The molecular weight excluding hydrogens is 220 g/mol. The standard InChI is InChI=1S/C12H24N2O3/c1-9-6-14(7-10(2)17-9)8-12(3,13-4)11(15)16-5/h9-10,13H,6-8H2,1-5H3. The highest BCUT2D eigenvalue weighted by Gasteiger charge is 2.36. The third-order valence-corrected chi connectivity index (χ3v) is 3.22. The van der Waals surface area contributed by atoms with Crippen LogP contribution in [-0.4, -0.2) is 62.4 Å². The van der Waals surface area contributed by atoms with Crippen LogP contribution in [0.25, 0.3) is 0 Å². The Balaban J connectivity index is 2.64. The van der Waals surface area contributed by atoms with Gasteiger partial charge in [0, 0.05) is 19.6 Å². The van der Waals surface area contributed by atoms with E-state index >= 15 is 0 Å². The van der Waals surface area contributed by atoms with Crippen LogP contribution in [0.1, 0.15) is 20.8 Å². The lowest BCUT2D eigenvalue weighted by Crippen LogP contribution is -2.59. The first-order valence-electron chi connectivity index (χ1n) is 6.06. The van der Waals surface area contributed by atoms with Crippen LogP contribution in [0.4, 0.5) is 0 Å². The second kappa shape index (κ2) is 5.80. The Morgan fingerprint density at radius 3 is 2.41 bits per heavy atom. The van der Waals surface area contributed by atoms with E-state index < -0.39 is 5.54 Å². The van der Waals surface area contributed by atoms with Crippen LogP contribution >= 0.6 is 0 Å². The average molecular weight is 244 g/mol. The number of hydrogen-bond donors (Lipinski definition) is 1. The molecule has 0 amide bonds. The summed E-state index contributed by atoms with van der Waals surface area (Å²) in [6, 6.07) is 0. The zero-order chi connectivity index (χ0) is 13.1. The molecule has 17 heavy (non-hydrogen) atoms. The summed E-state index contributed by atoms with van der Waals surface area (Å²) in [5.74, 6) is -0.230. The first kappa shape index (κ1) is 14.4. The van der Waals surface area contributed by atoms with Gasteiger partial charge in [-0.25, -0.2) is 0 Å². The molecule has 1 rings (SSSR count). The number of nitrogens with one attached hydrogen (secondary N) is 1. The maximum absolute atomic E-state index is 11.8. The number of methoxy groups -OCH3 is 1. The van der Waals surface area contributed by atoms with Gasteiger partial charge in [0.1, 0.15) is 5.54 Å². The molecule has 5 nitrogen and oxygen atoms in total. The van der Waals surface area contributed by atoms with E-state index in [1.54, 1.807) is 7.05 Å². The van der Waals surface area contributed by atoms with E-state index in [-0.39, 0.29) is 18.2 Å². The largest absolute Gasteiger partial charge is 0.468 e. The van der Waals surface area contributed by atoms with Crippen LogP contribution in [0.3, 0.4) is 0 Å². The third-order valence-electron chi connectivity index (χ3n) is 3.22. The van der Waals surface area contributed by atoms with Crippen molar-refractivity contribution < 1.29 is 14.3 Å². The predicted octanol–water partition coefficient (Wildman–Crippen LogP) is 0.247. The van der Waals surface area contributed by atoms with Gasteiger partial charge < -0.3 is 14.8 Å². The molecular formula is C12H24N2O3. The Bertz CT molecular complexity index is 262. The topological polar surface area (TPSA) is 50.8 Å². The van der Waals surface area contributed by atoms with Gasteiger partial charge in [-0.15, -0.1) is 0 Å². The van der Waals surface area contributed by atoms with Gasteiger partial charge in [-0.1, -0.05) is 0 Å². The summed E-state index contributed by atoms with van der Waals surface area (Å²) in [5.41, 5.74) is -0.661. The van der Waals surface area contributed by atoms with Gasteiger partial charge in [0.25, 0.3) is 0 Å². The zero-order valence-corrected chi connectivity index (χ0v) is 11.4. The molecule has 0 bridgehead atoms. The number of nitrogens with zero attached hydrogens (tertiary/aromatic N) is 1. The Kier molecular flexibility index (Phi) is 4.91. The minimum absolute atomic E-state index is 0.206. The van der Waals surface area contributed by atoms with E-state index in [4.69, 9.17) is 9.47 Å². The molecule has 0 aromatic heterocycles. The van der Waals surface area contributed by atoms with Crippen LogP contribution in [0.2, 0.25) is 0 Å². The molecule has 0 aromatic rings. The highest BCUT2D eigenvalue weighted by molar-refractivity contribution is 5.80. The van der Waals surface area contributed by atoms with Crippen LogP contribution in [0.5, 0.6) is 0 Å². The first-order valence-corrected chi connectivity index (χ1v) is 6.06. The van der Waals surface area contributed by atoms with Crippen LogP contribution in [0, 0.1) is 0 Å². The fourth-order valence-corrected chi connectivity index (χ4v) is 2.33. The lowest BCUT2D eigenvalue weighted by Gasteiger charge is -2.39. The molecule has 3 unspecified atom stereocenters. The van der Waals surface area contributed by atoms with Crippen molar-refractivity contribution >= 4 is 5.97 Å². The van der Waals surface area contributed by atoms with Crippen molar-refractivity contribution in [2.24, 2.45) is 0 Å². The van der Waals surface area contributed by atoms with E-state index in [1.165, 1.54) is 7.11 Å². The SMILES string of the molecule is CNC(C)(CN1CC(C)OC(C)C1)C(=O)OC. The van der Waals surface area contributed by atoms with E-state index in [1.807, 2.05) is 6.92 Å². The quantitative estimate of drug-likeness (QED) is 0.718. The summed E-state index contributed by atoms with van der Waals surface area (Å²) in [6.45, 7) is 8.30. The fraction of sp³-hybridized carbons (Fsp3) is 0.917. The van der Waals surface area contributed by atoms with Crippen LogP contribution in [0.15, 0.2) is 0 Å². The molecule has 1 N–H and O–H groups in total. The van der Waals surface area contributed by atoms with E-state index in [0.29, 0.717) is 6.54 Å². The zero-order valence-electron chi connectivity index (χ0n) is 11.4. The Labute approximate surface area is 103 Å². The summed E-state index contributed by atoms with van der Waals surface area (Å²) < 4.78 is 10.5. The van der Waals surface area contributed by atoms with Crippen LogP contribution in [-0.2, 0) is 14.3 Å². The number of carbonyl (C=O) groups excluding carboxylic acids is 1. The second-order valence-electron chi connectivity index (χ2n) is 5.03. The number of likely N-dealkylation sites (N-methyl/N-ethyl adjacent to an activating group) is 1. The molecule has 1 fully saturated rings. The number of rotatable bonds is 4. The maximum Gasteiger partial charge on any atom is 0.327 e. The lowest BCUT2D eigenvalue weighted by atomic mass is 10.0. The molecule has 1 saturated heterocycles. The molecule has 0 saturated carbocycles. The van der Waals surface area contributed by atoms with Gasteiger partial charge in [-0.05, 0) is 27.8 Å². The van der Waals surface area contributed by atoms with Gasteiger partial charge in [0.05, 0.1) is 19.3 Å².